The van der Waals surface area contributed by atoms with Crippen LogP contribution in [0.3, 0.4) is 0 Å². The van der Waals surface area contributed by atoms with Crippen LogP contribution in [0.25, 0.3) is 0 Å². The molecule has 1 aliphatic carbocycles. The molecule has 0 spiro atoms. The van der Waals surface area contributed by atoms with Crippen molar-refractivity contribution in [2.45, 2.75) is 43.9 Å². The number of nitrogens with one attached hydrogen (secondary N) is 1. The molecule has 1 saturated carbocycles. The molecule has 0 bridgehead atoms. The molecule has 1 aromatic carbocycles. The molecule has 2 unspecified atom stereocenters. The zero-order chi connectivity index (χ0) is 19.6. The monoisotopic (exact) mass is 381 g/mol. The van der Waals surface area contributed by atoms with Gasteiger partial charge in [-0.15, -0.1) is 0 Å². The lowest BCUT2D eigenvalue weighted by atomic mass is 9.89. The van der Waals surface area contributed by atoms with Gasteiger partial charge in [-0.25, -0.2) is 4.79 Å². The summed E-state index contributed by atoms with van der Waals surface area (Å²) in [5, 5.41) is 15.4. The molecule has 1 heterocycles. The van der Waals surface area contributed by atoms with Crippen LogP contribution in [-0.4, -0.2) is 32.8 Å². The van der Waals surface area contributed by atoms with Crippen LogP contribution >= 0.6 is 0 Å². The van der Waals surface area contributed by atoms with Crippen molar-refractivity contribution in [2.75, 3.05) is 0 Å². The van der Waals surface area contributed by atoms with Gasteiger partial charge in [-0.2, -0.15) is 18.3 Å². The highest BCUT2D eigenvalue weighted by atomic mass is 19.4. The van der Waals surface area contributed by atoms with Gasteiger partial charge >= 0.3 is 12.1 Å². The summed E-state index contributed by atoms with van der Waals surface area (Å²) in [5.41, 5.74) is -0.518. The lowest BCUT2D eigenvalue weighted by Gasteiger charge is -2.24. The first kappa shape index (κ1) is 18.9. The van der Waals surface area contributed by atoms with Gasteiger partial charge in [0.2, 0.25) is 5.91 Å². The summed E-state index contributed by atoms with van der Waals surface area (Å²) >= 11 is 0. The Labute approximate surface area is 153 Å². The second-order valence-electron chi connectivity index (χ2n) is 6.53. The number of aromatic nitrogens is 2. The number of hydrogen-bond donors (Lipinski definition) is 2. The zero-order valence-corrected chi connectivity index (χ0v) is 14.2. The second kappa shape index (κ2) is 7.42. The fraction of sp³-hybridized carbons (Fsp3) is 0.389. The fourth-order valence-corrected chi connectivity index (χ4v) is 3.54. The summed E-state index contributed by atoms with van der Waals surface area (Å²) in [5.74, 6) is -1.99. The number of carbonyl (C=O) groups is 2. The largest absolute Gasteiger partial charge is 0.478 e. The van der Waals surface area contributed by atoms with E-state index in [2.05, 4.69) is 10.4 Å². The summed E-state index contributed by atoms with van der Waals surface area (Å²) in [6, 6.07) is 5.04. The zero-order valence-electron chi connectivity index (χ0n) is 14.2. The number of aromatic carboxylic acids is 1. The lowest BCUT2D eigenvalue weighted by molar-refractivity contribution is -0.138. The molecule has 27 heavy (non-hydrogen) atoms. The molecular weight excluding hydrogens is 363 g/mol. The van der Waals surface area contributed by atoms with Crippen molar-refractivity contribution in [1.29, 1.82) is 0 Å². The highest BCUT2D eigenvalue weighted by molar-refractivity contribution is 5.87. The Morgan fingerprint density at radius 3 is 2.67 bits per heavy atom. The highest BCUT2D eigenvalue weighted by Gasteiger charge is 2.38. The molecule has 2 N–H and O–H groups in total. The normalized spacial score (nSPS) is 19.8. The van der Waals surface area contributed by atoms with Crippen molar-refractivity contribution in [1.82, 2.24) is 15.1 Å². The molecule has 2 atom stereocenters. The van der Waals surface area contributed by atoms with E-state index in [1.54, 1.807) is 6.07 Å². The molecule has 1 aliphatic rings. The molecule has 1 aromatic heterocycles. The molecule has 2 aromatic rings. The number of carbonyl (C=O) groups excluding carboxylic acids is 1. The van der Waals surface area contributed by atoms with Crippen molar-refractivity contribution in [3.63, 3.8) is 0 Å². The fourth-order valence-electron chi connectivity index (χ4n) is 3.54. The van der Waals surface area contributed by atoms with Gasteiger partial charge < -0.3 is 10.4 Å². The maximum absolute atomic E-state index is 13.3. The van der Waals surface area contributed by atoms with Gasteiger partial charge in [0.1, 0.15) is 6.54 Å². The lowest BCUT2D eigenvalue weighted by Crippen LogP contribution is -2.39. The Morgan fingerprint density at radius 2 is 2.00 bits per heavy atom. The number of carboxylic acid groups (broad SMARTS) is 1. The smallest absolute Gasteiger partial charge is 0.416 e. The SMILES string of the molecule is O=C(Cn1cc(C(=O)O)cn1)NC1CCCC1c1ccccc1C(F)(F)F. The number of benzene rings is 1. The first-order valence-electron chi connectivity index (χ1n) is 8.47. The molecule has 0 radical (unpaired) electrons. The first-order valence-corrected chi connectivity index (χ1v) is 8.47. The van der Waals surface area contributed by atoms with Gasteiger partial charge in [-0.1, -0.05) is 24.6 Å². The third kappa shape index (κ3) is 4.29. The van der Waals surface area contributed by atoms with Crippen LogP contribution in [0.2, 0.25) is 0 Å². The van der Waals surface area contributed by atoms with Crippen molar-refractivity contribution >= 4 is 11.9 Å². The average Bonchev–Trinajstić information content (AvgIpc) is 3.23. The van der Waals surface area contributed by atoms with E-state index >= 15 is 0 Å². The minimum atomic E-state index is -4.45. The maximum Gasteiger partial charge on any atom is 0.416 e. The molecule has 9 heteroatoms. The third-order valence-corrected chi connectivity index (χ3v) is 4.71. The quantitative estimate of drug-likeness (QED) is 0.834. The van der Waals surface area contributed by atoms with Crippen LogP contribution in [0.4, 0.5) is 13.2 Å². The molecule has 144 valence electrons. The standard InChI is InChI=1S/C18H18F3N3O3/c19-18(20,21)14-6-2-1-4-12(14)13-5-3-7-15(13)23-16(25)10-24-9-11(8-22-24)17(26)27/h1-2,4,6,8-9,13,15H,3,5,7,10H2,(H,23,25)(H,26,27). The molecule has 6 nitrogen and oxygen atoms in total. The summed E-state index contributed by atoms with van der Waals surface area (Å²) in [4.78, 5) is 23.1. The minimum Gasteiger partial charge on any atom is -0.478 e. The van der Waals surface area contributed by atoms with Gasteiger partial charge in [0.25, 0.3) is 0 Å². The summed E-state index contributed by atoms with van der Waals surface area (Å²) < 4.78 is 41.1. The summed E-state index contributed by atoms with van der Waals surface area (Å²) in [7, 11) is 0. The van der Waals surface area contributed by atoms with E-state index in [0.717, 1.165) is 12.3 Å². The van der Waals surface area contributed by atoms with Crippen molar-refractivity contribution in [2.24, 2.45) is 0 Å². The van der Waals surface area contributed by atoms with Gasteiger partial charge in [0.05, 0.1) is 17.3 Å². The van der Waals surface area contributed by atoms with E-state index in [-0.39, 0.29) is 17.7 Å². The third-order valence-electron chi connectivity index (χ3n) is 4.71. The van der Waals surface area contributed by atoms with Crippen LogP contribution in [-0.2, 0) is 17.5 Å². The topological polar surface area (TPSA) is 84.2 Å². The summed E-state index contributed by atoms with van der Waals surface area (Å²) in [6.45, 7) is -0.197. The Hall–Kier alpha value is -2.84. The minimum absolute atomic E-state index is 0.0411. The molecular formula is C18H18F3N3O3. The van der Waals surface area contributed by atoms with Gasteiger partial charge in [0.15, 0.2) is 0 Å². The van der Waals surface area contributed by atoms with Crippen molar-refractivity contribution < 1.29 is 27.9 Å². The number of amides is 1. The number of halogens is 3. The molecule has 3 rings (SSSR count). The van der Waals surface area contributed by atoms with Crippen LogP contribution in [0.15, 0.2) is 36.7 Å². The Bertz CT molecular complexity index is 848. The number of rotatable bonds is 5. The van der Waals surface area contributed by atoms with E-state index < -0.39 is 35.6 Å². The number of alkyl halides is 3. The first-order chi connectivity index (χ1) is 12.8. The van der Waals surface area contributed by atoms with Crippen LogP contribution in [0, 0.1) is 0 Å². The van der Waals surface area contributed by atoms with Gasteiger partial charge in [0, 0.05) is 18.2 Å². The number of nitrogens with zero attached hydrogens (tertiary/aromatic N) is 2. The van der Waals surface area contributed by atoms with Crippen LogP contribution in [0.5, 0.6) is 0 Å². The molecule has 1 amide bonds. The van der Waals surface area contributed by atoms with E-state index in [1.807, 2.05) is 0 Å². The van der Waals surface area contributed by atoms with E-state index in [4.69, 9.17) is 5.11 Å². The van der Waals surface area contributed by atoms with Crippen LogP contribution < -0.4 is 5.32 Å². The highest BCUT2D eigenvalue weighted by Crippen LogP contribution is 2.41. The molecule has 0 aliphatic heterocycles. The van der Waals surface area contributed by atoms with Crippen LogP contribution in [0.1, 0.15) is 46.7 Å². The van der Waals surface area contributed by atoms with Crippen molar-refractivity contribution in [3.8, 4) is 0 Å². The number of carboxylic acids is 1. The molecule has 0 saturated heterocycles. The van der Waals surface area contributed by atoms with E-state index in [9.17, 15) is 22.8 Å². The maximum atomic E-state index is 13.3. The Morgan fingerprint density at radius 1 is 1.26 bits per heavy atom. The Balaban J connectivity index is 1.72. The van der Waals surface area contributed by atoms with E-state index in [0.29, 0.717) is 19.3 Å². The Kier molecular flexibility index (Phi) is 5.20. The second-order valence-corrected chi connectivity index (χ2v) is 6.53. The van der Waals surface area contributed by atoms with E-state index in [1.165, 1.54) is 23.0 Å². The predicted molar refractivity (Wildman–Crippen MR) is 89.2 cm³/mol. The number of hydrogen-bond acceptors (Lipinski definition) is 3. The molecule has 1 fully saturated rings. The van der Waals surface area contributed by atoms with Gasteiger partial charge in [-0.3, -0.25) is 9.48 Å². The summed E-state index contributed by atoms with van der Waals surface area (Å²) in [6.07, 6.45) is -0.228. The van der Waals surface area contributed by atoms with Crippen molar-refractivity contribution in [3.05, 3.63) is 53.3 Å². The van der Waals surface area contributed by atoms with Gasteiger partial charge in [-0.05, 0) is 24.5 Å². The average molecular weight is 381 g/mol. The predicted octanol–water partition coefficient (Wildman–Crippen LogP) is 3.05.